The van der Waals surface area contributed by atoms with Crippen LogP contribution < -0.4 is 5.32 Å². The fourth-order valence-electron chi connectivity index (χ4n) is 2.04. The summed E-state index contributed by atoms with van der Waals surface area (Å²) >= 11 is 0. The van der Waals surface area contributed by atoms with Crippen LogP contribution >= 0.6 is 0 Å². The number of imidazole rings is 1. The first kappa shape index (κ1) is 9.54. The Morgan fingerprint density at radius 3 is 3.00 bits per heavy atom. The van der Waals surface area contributed by atoms with Crippen molar-refractivity contribution in [3.8, 4) is 5.69 Å². The lowest BCUT2D eigenvalue weighted by atomic mass is 10.00. The molecule has 0 radical (unpaired) electrons. The zero-order valence-electron chi connectivity index (χ0n) is 9.22. The number of pyridine rings is 1. The summed E-state index contributed by atoms with van der Waals surface area (Å²) in [5, 5.41) is 3.29. The standard InChI is InChI=1S/C12H14N4/c1-9-11(3-2-4-15-9)16-8-14-7-12(16)10-5-13-6-10/h2-4,7-8,10,13H,5-6H2,1H3. The summed E-state index contributed by atoms with van der Waals surface area (Å²) in [6.07, 6.45) is 5.65. The number of nitrogens with one attached hydrogen (secondary N) is 1. The fourth-order valence-corrected chi connectivity index (χ4v) is 2.04. The van der Waals surface area contributed by atoms with Crippen LogP contribution in [-0.2, 0) is 0 Å². The summed E-state index contributed by atoms with van der Waals surface area (Å²) in [4.78, 5) is 8.57. The smallest absolute Gasteiger partial charge is 0.0994 e. The summed E-state index contributed by atoms with van der Waals surface area (Å²) in [6, 6.07) is 4.05. The Labute approximate surface area is 94.4 Å². The third-order valence-electron chi connectivity index (χ3n) is 3.11. The van der Waals surface area contributed by atoms with Gasteiger partial charge in [-0.2, -0.15) is 0 Å². The van der Waals surface area contributed by atoms with Crippen LogP contribution in [0.2, 0.25) is 0 Å². The van der Waals surface area contributed by atoms with Crippen LogP contribution in [0.15, 0.2) is 30.9 Å². The van der Waals surface area contributed by atoms with Gasteiger partial charge in [-0.1, -0.05) is 0 Å². The van der Waals surface area contributed by atoms with E-state index in [4.69, 9.17) is 0 Å². The molecule has 3 heterocycles. The quantitative estimate of drug-likeness (QED) is 0.818. The van der Waals surface area contributed by atoms with Gasteiger partial charge in [-0.25, -0.2) is 4.98 Å². The van der Waals surface area contributed by atoms with Crippen molar-refractivity contribution < 1.29 is 0 Å². The van der Waals surface area contributed by atoms with Gasteiger partial charge in [-0.3, -0.25) is 4.98 Å². The van der Waals surface area contributed by atoms with Crippen molar-refractivity contribution in [2.75, 3.05) is 13.1 Å². The van der Waals surface area contributed by atoms with Crippen LogP contribution in [0.3, 0.4) is 0 Å². The van der Waals surface area contributed by atoms with Gasteiger partial charge in [0, 0.05) is 37.1 Å². The van der Waals surface area contributed by atoms with Gasteiger partial charge < -0.3 is 9.88 Å². The Hall–Kier alpha value is -1.68. The second-order valence-electron chi connectivity index (χ2n) is 4.15. The topological polar surface area (TPSA) is 42.7 Å². The number of nitrogens with zero attached hydrogens (tertiary/aromatic N) is 3. The molecule has 0 aromatic carbocycles. The predicted molar refractivity (Wildman–Crippen MR) is 61.7 cm³/mol. The lowest BCUT2D eigenvalue weighted by Gasteiger charge is -2.28. The molecule has 0 spiro atoms. The van der Waals surface area contributed by atoms with Crippen LogP contribution in [0.25, 0.3) is 5.69 Å². The van der Waals surface area contributed by atoms with Crippen molar-refractivity contribution in [1.29, 1.82) is 0 Å². The summed E-state index contributed by atoms with van der Waals surface area (Å²) in [5.74, 6) is 0.585. The van der Waals surface area contributed by atoms with E-state index in [9.17, 15) is 0 Å². The highest BCUT2D eigenvalue weighted by molar-refractivity contribution is 5.38. The maximum absolute atomic E-state index is 4.32. The Morgan fingerprint density at radius 2 is 2.31 bits per heavy atom. The van der Waals surface area contributed by atoms with E-state index in [-0.39, 0.29) is 0 Å². The lowest BCUT2D eigenvalue weighted by molar-refractivity contribution is 0.435. The monoisotopic (exact) mass is 214 g/mol. The molecule has 1 aliphatic heterocycles. The number of hydrogen-bond donors (Lipinski definition) is 1. The van der Waals surface area contributed by atoms with E-state index in [1.165, 1.54) is 5.69 Å². The predicted octanol–water partition coefficient (Wildman–Crippen LogP) is 1.26. The molecule has 4 heteroatoms. The van der Waals surface area contributed by atoms with Gasteiger partial charge in [0.15, 0.2) is 0 Å². The Balaban J connectivity index is 2.06. The molecule has 0 aliphatic carbocycles. The van der Waals surface area contributed by atoms with Gasteiger partial charge in [-0.05, 0) is 19.1 Å². The normalized spacial score (nSPS) is 16.1. The van der Waals surface area contributed by atoms with E-state index < -0.39 is 0 Å². The summed E-state index contributed by atoms with van der Waals surface area (Å²) in [6.45, 7) is 4.12. The second kappa shape index (κ2) is 3.72. The molecular weight excluding hydrogens is 200 g/mol. The van der Waals surface area contributed by atoms with E-state index >= 15 is 0 Å². The molecule has 1 fully saturated rings. The lowest BCUT2D eigenvalue weighted by Crippen LogP contribution is -2.40. The maximum atomic E-state index is 4.32. The highest BCUT2D eigenvalue weighted by Crippen LogP contribution is 2.23. The minimum atomic E-state index is 0.585. The Kier molecular flexibility index (Phi) is 2.22. The van der Waals surface area contributed by atoms with Crippen molar-refractivity contribution in [2.24, 2.45) is 0 Å². The molecule has 2 aromatic rings. The molecule has 4 nitrogen and oxygen atoms in total. The first-order valence-electron chi connectivity index (χ1n) is 5.51. The zero-order chi connectivity index (χ0) is 11.0. The maximum Gasteiger partial charge on any atom is 0.0994 e. The highest BCUT2D eigenvalue weighted by atomic mass is 15.1. The van der Waals surface area contributed by atoms with Crippen LogP contribution in [0, 0.1) is 6.92 Å². The molecule has 2 aromatic heterocycles. The molecular formula is C12H14N4. The molecule has 16 heavy (non-hydrogen) atoms. The van der Waals surface area contributed by atoms with Crippen molar-refractivity contribution in [3.63, 3.8) is 0 Å². The molecule has 1 N–H and O–H groups in total. The van der Waals surface area contributed by atoms with Gasteiger partial charge in [0.1, 0.15) is 0 Å². The molecule has 0 saturated carbocycles. The van der Waals surface area contributed by atoms with Crippen LogP contribution in [0.5, 0.6) is 0 Å². The zero-order valence-corrected chi connectivity index (χ0v) is 9.22. The van der Waals surface area contributed by atoms with Crippen molar-refractivity contribution in [1.82, 2.24) is 19.9 Å². The van der Waals surface area contributed by atoms with Gasteiger partial charge in [-0.15, -0.1) is 0 Å². The summed E-state index contributed by atoms with van der Waals surface area (Å²) in [5.41, 5.74) is 3.44. The van der Waals surface area contributed by atoms with E-state index in [0.29, 0.717) is 5.92 Å². The Morgan fingerprint density at radius 1 is 1.44 bits per heavy atom. The van der Waals surface area contributed by atoms with Crippen molar-refractivity contribution in [2.45, 2.75) is 12.8 Å². The molecule has 0 amide bonds. The SMILES string of the molecule is Cc1ncccc1-n1cncc1C1CNC1. The minimum absolute atomic E-state index is 0.585. The third kappa shape index (κ3) is 1.42. The number of hydrogen-bond acceptors (Lipinski definition) is 3. The molecule has 0 bridgehead atoms. The molecule has 0 atom stereocenters. The first-order chi connectivity index (χ1) is 7.86. The van der Waals surface area contributed by atoms with Gasteiger partial charge >= 0.3 is 0 Å². The number of aryl methyl sites for hydroxylation is 1. The fraction of sp³-hybridized carbons (Fsp3) is 0.333. The van der Waals surface area contributed by atoms with Gasteiger partial charge in [0.25, 0.3) is 0 Å². The largest absolute Gasteiger partial charge is 0.315 e. The molecule has 3 rings (SSSR count). The van der Waals surface area contributed by atoms with Crippen molar-refractivity contribution in [3.05, 3.63) is 42.2 Å². The number of rotatable bonds is 2. The average Bonchev–Trinajstić information content (AvgIpc) is 2.65. The third-order valence-corrected chi connectivity index (χ3v) is 3.11. The van der Waals surface area contributed by atoms with E-state index in [1.807, 2.05) is 31.7 Å². The molecule has 1 saturated heterocycles. The first-order valence-corrected chi connectivity index (χ1v) is 5.51. The van der Waals surface area contributed by atoms with E-state index in [0.717, 1.165) is 24.5 Å². The van der Waals surface area contributed by atoms with Gasteiger partial charge in [0.05, 0.1) is 17.7 Å². The van der Waals surface area contributed by atoms with E-state index in [2.05, 4.69) is 25.9 Å². The summed E-state index contributed by atoms with van der Waals surface area (Å²) in [7, 11) is 0. The second-order valence-corrected chi connectivity index (χ2v) is 4.15. The van der Waals surface area contributed by atoms with Crippen LogP contribution in [0.1, 0.15) is 17.3 Å². The van der Waals surface area contributed by atoms with Crippen LogP contribution in [-0.4, -0.2) is 27.6 Å². The van der Waals surface area contributed by atoms with Crippen LogP contribution in [0.4, 0.5) is 0 Å². The van der Waals surface area contributed by atoms with Gasteiger partial charge in [0.2, 0.25) is 0 Å². The molecule has 1 aliphatic rings. The highest BCUT2D eigenvalue weighted by Gasteiger charge is 2.23. The van der Waals surface area contributed by atoms with E-state index in [1.54, 1.807) is 0 Å². The molecule has 0 unspecified atom stereocenters. The molecule has 82 valence electrons. The van der Waals surface area contributed by atoms with Crippen molar-refractivity contribution >= 4 is 0 Å². The Bertz CT molecular complexity index is 499. The summed E-state index contributed by atoms with van der Waals surface area (Å²) < 4.78 is 2.15. The minimum Gasteiger partial charge on any atom is -0.315 e. The number of aromatic nitrogens is 3. The average molecular weight is 214 g/mol.